The third kappa shape index (κ3) is 4.12. The number of anilines is 1. The summed E-state index contributed by atoms with van der Waals surface area (Å²) in [4.78, 5) is 6.64. The molecule has 1 aromatic carbocycles. The van der Waals surface area contributed by atoms with Crippen molar-refractivity contribution in [3.8, 4) is 0 Å². The summed E-state index contributed by atoms with van der Waals surface area (Å²) >= 11 is 2.34. The van der Waals surface area contributed by atoms with E-state index in [0.29, 0.717) is 0 Å². The maximum absolute atomic E-state index is 4.54. The Morgan fingerprint density at radius 3 is 2.38 bits per heavy atom. The van der Waals surface area contributed by atoms with E-state index in [4.69, 9.17) is 0 Å². The Bertz CT molecular complexity index is 389. The molecule has 0 aliphatic rings. The van der Waals surface area contributed by atoms with Crippen LogP contribution in [-0.4, -0.2) is 25.8 Å². The van der Waals surface area contributed by atoms with E-state index in [2.05, 4.69) is 71.5 Å². The van der Waals surface area contributed by atoms with E-state index in [0.717, 1.165) is 0 Å². The Balaban J connectivity index is 3.04. The fourth-order valence-electron chi connectivity index (χ4n) is 1.17. The van der Waals surface area contributed by atoms with Crippen molar-refractivity contribution in [3.63, 3.8) is 0 Å². The minimum Gasteiger partial charge on any atom is -0.378 e. The van der Waals surface area contributed by atoms with Gasteiger partial charge in [0, 0.05) is 35.1 Å². The standard InChI is InChI=1S/C13H19IN2/c1-13(2,3)15-9-10-8-11(16(4)5)6-7-12(10)14/h6-9H,1-5H3. The van der Waals surface area contributed by atoms with Gasteiger partial charge in [-0.2, -0.15) is 0 Å². The molecule has 1 rings (SSSR count). The molecule has 0 aliphatic heterocycles. The Morgan fingerprint density at radius 1 is 1.25 bits per heavy atom. The van der Waals surface area contributed by atoms with Gasteiger partial charge in [-0.15, -0.1) is 0 Å². The van der Waals surface area contributed by atoms with Gasteiger partial charge in [-0.3, -0.25) is 4.99 Å². The highest BCUT2D eigenvalue weighted by Crippen LogP contribution is 2.19. The monoisotopic (exact) mass is 330 g/mol. The second-order valence-corrected chi connectivity index (χ2v) is 6.19. The van der Waals surface area contributed by atoms with Gasteiger partial charge in [-0.25, -0.2) is 0 Å². The van der Waals surface area contributed by atoms with Crippen molar-refractivity contribution in [1.29, 1.82) is 0 Å². The van der Waals surface area contributed by atoms with Crippen LogP contribution in [0.5, 0.6) is 0 Å². The fourth-order valence-corrected chi connectivity index (χ4v) is 1.65. The number of hydrogen-bond donors (Lipinski definition) is 0. The molecule has 0 amide bonds. The van der Waals surface area contributed by atoms with Crippen molar-refractivity contribution in [3.05, 3.63) is 27.3 Å². The summed E-state index contributed by atoms with van der Waals surface area (Å²) in [6.07, 6.45) is 1.97. The van der Waals surface area contributed by atoms with Gasteiger partial charge in [0.15, 0.2) is 0 Å². The highest BCUT2D eigenvalue weighted by molar-refractivity contribution is 14.1. The van der Waals surface area contributed by atoms with Crippen LogP contribution in [0, 0.1) is 3.57 Å². The molecule has 0 saturated carbocycles. The van der Waals surface area contributed by atoms with Crippen molar-refractivity contribution in [2.45, 2.75) is 26.3 Å². The minimum atomic E-state index is -0.0167. The predicted molar refractivity (Wildman–Crippen MR) is 80.8 cm³/mol. The molecule has 0 N–H and O–H groups in total. The molecular formula is C13H19IN2. The van der Waals surface area contributed by atoms with Crippen LogP contribution in [0.25, 0.3) is 0 Å². The van der Waals surface area contributed by atoms with Crippen molar-refractivity contribution < 1.29 is 0 Å². The summed E-state index contributed by atoms with van der Waals surface area (Å²) in [5.74, 6) is 0. The first kappa shape index (κ1) is 13.5. The smallest absolute Gasteiger partial charge is 0.0524 e. The summed E-state index contributed by atoms with van der Waals surface area (Å²) in [5, 5.41) is 0. The number of rotatable bonds is 2. The molecule has 88 valence electrons. The maximum Gasteiger partial charge on any atom is 0.0524 e. The molecule has 0 aromatic heterocycles. The van der Waals surface area contributed by atoms with Crippen molar-refractivity contribution in [1.82, 2.24) is 0 Å². The molecule has 0 saturated heterocycles. The highest BCUT2D eigenvalue weighted by Gasteiger charge is 2.06. The van der Waals surface area contributed by atoms with Crippen LogP contribution in [0.2, 0.25) is 0 Å². The lowest BCUT2D eigenvalue weighted by atomic mass is 10.1. The van der Waals surface area contributed by atoms with E-state index in [1.54, 1.807) is 0 Å². The molecule has 0 radical (unpaired) electrons. The minimum absolute atomic E-state index is 0.0167. The van der Waals surface area contributed by atoms with E-state index in [1.807, 2.05) is 20.3 Å². The molecule has 3 heteroatoms. The summed E-state index contributed by atoms with van der Waals surface area (Å²) < 4.78 is 1.23. The van der Waals surface area contributed by atoms with Crippen LogP contribution in [-0.2, 0) is 0 Å². The Kier molecular flexibility index (Phi) is 4.35. The van der Waals surface area contributed by atoms with Crippen LogP contribution in [0.4, 0.5) is 5.69 Å². The van der Waals surface area contributed by atoms with Gasteiger partial charge in [0.2, 0.25) is 0 Å². The molecule has 0 aliphatic carbocycles. The van der Waals surface area contributed by atoms with Gasteiger partial charge in [-0.05, 0) is 61.6 Å². The number of halogens is 1. The van der Waals surface area contributed by atoms with Crippen molar-refractivity contribution in [2.75, 3.05) is 19.0 Å². The summed E-state index contributed by atoms with van der Waals surface area (Å²) in [6, 6.07) is 6.41. The lowest BCUT2D eigenvalue weighted by Crippen LogP contribution is -2.11. The molecule has 0 unspecified atom stereocenters. The van der Waals surface area contributed by atoms with Gasteiger partial charge in [0.25, 0.3) is 0 Å². The molecule has 0 atom stereocenters. The van der Waals surface area contributed by atoms with Crippen LogP contribution in [0.3, 0.4) is 0 Å². The van der Waals surface area contributed by atoms with E-state index >= 15 is 0 Å². The number of aliphatic imine (C=N–C) groups is 1. The van der Waals surface area contributed by atoms with Crippen LogP contribution in [0.1, 0.15) is 26.3 Å². The second-order valence-electron chi connectivity index (χ2n) is 5.03. The number of hydrogen-bond acceptors (Lipinski definition) is 2. The largest absolute Gasteiger partial charge is 0.378 e. The van der Waals surface area contributed by atoms with Gasteiger partial charge in [0.1, 0.15) is 0 Å². The molecule has 1 aromatic rings. The third-order valence-corrected chi connectivity index (χ3v) is 3.07. The summed E-state index contributed by atoms with van der Waals surface area (Å²) in [6.45, 7) is 6.31. The molecule has 16 heavy (non-hydrogen) atoms. The molecule has 0 fully saturated rings. The summed E-state index contributed by atoms with van der Waals surface area (Å²) in [7, 11) is 4.10. The van der Waals surface area contributed by atoms with E-state index in [1.165, 1.54) is 14.8 Å². The average Bonchev–Trinajstić information content (AvgIpc) is 2.14. The van der Waals surface area contributed by atoms with E-state index < -0.39 is 0 Å². The molecule has 2 nitrogen and oxygen atoms in total. The molecular weight excluding hydrogens is 311 g/mol. The van der Waals surface area contributed by atoms with Crippen molar-refractivity contribution >= 4 is 34.5 Å². The van der Waals surface area contributed by atoms with Gasteiger partial charge in [0.05, 0.1) is 5.54 Å². The highest BCUT2D eigenvalue weighted by atomic mass is 127. The zero-order valence-electron chi connectivity index (χ0n) is 10.6. The normalized spacial score (nSPS) is 12.1. The molecule has 0 bridgehead atoms. The fraction of sp³-hybridized carbons (Fsp3) is 0.462. The molecule has 0 spiro atoms. The van der Waals surface area contributed by atoms with Gasteiger partial charge < -0.3 is 4.90 Å². The Hall–Kier alpha value is -0.580. The zero-order chi connectivity index (χ0) is 12.3. The van der Waals surface area contributed by atoms with E-state index in [9.17, 15) is 0 Å². The third-order valence-electron chi connectivity index (χ3n) is 2.09. The van der Waals surface area contributed by atoms with E-state index in [-0.39, 0.29) is 5.54 Å². The zero-order valence-corrected chi connectivity index (χ0v) is 12.7. The topological polar surface area (TPSA) is 15.6 Å². The first-order chi connectivity index (χ1) is 7.29. The van der Waals surface area contributed by atoms with Crippen LogP contribution in [0.15, 0.2) is 23.2 Å². The van der Waals surface area contributed by atoms with Crippen LogP contribution >= 0.6 is 22.6 Å². The predicted octanol–water partition coefficient (Wildman–Crippen LogP) is 3.57. The average molecular weight is 330 g/mol. The Morgan fingerprint density at radius 2 is 1.88 bits per heavy atom. The Labute approximate surface area is 112 Å². The first-order valence-corrected chi connectivity index (χ1v) is 6.39. The summed E-state index contributed by atoms with van der Waals surface area (Å²) in [5.41, 5.74) is 2.37. The SMILES string of the molecule is CN(C)c1ccc(I)c(C=NC(C)(C)C)c1. The maximum atomic E-state index is 4.54. The molecule has 0 heterocycles. The van der Waals surface area contributed by atoms with Crippen LogP contribution < -0.4 is 4.90 Å². The lowest BCUT2D eigenvalue weighted by Gasteiger charge is -2.15. The van der Waals surface area contributed by atoms with Crippen molar-refractivity contribution in [2.24, 2.45) is 4.99 Å². The number of benzene rings is 1. The van der Waals surface area contributed by atoms with Gasteiger partial charge >= 0.3 is 0 Å². The number of nitrogens with zero attached hydrogens (tertiary/aromatic N) is 2. The quantitative estimate of drug-likeness (QED) is 0.598. The van der Waals surface area contributed by atoms with Gasteiger partial charge in [-0.1, -0.05) is 0 Å². The lowest BCUT2D eigenvalue weighted by molar-refractivity contribution is 0.586. The second kappa shape index (κ2) is 5.17. The first-order valence-electron chi connectivity index (χ1n) is 5.32.